The summed E-state index contributed by atoms with van der Waals surface area (Å²) in [5.74, 6) is 0. The summed E-state index contributed by atoms with van der Waals surface area (Å²) in [6.45, 7) is 2.54. The molecule has 0 radical (unpaired) electrons. The summed E-state index contributed by atoms with van der Waals surface area (Å²) in [6.07, 6.45) is -1.56. The van der Waals surface area contributed by atoms with Crippen molar-refractivity contribution in [3.63, 3.8) is 0 Å². The standard InChI is InChI=1S/C47H49NO4/c49-45(37-50-34-41-25-13-4-14-26-41)47(52-36-43-29-17-6-18-30-43)46(51-35-42-27-15-5-16-28-42)44(31-38-19-7-1-8-20-38)48(32-39-21-9-2-10-22-39)33-40-23-11-3-12-24-40/h1-30,44-47,49H,31-37H2/t44-,45+,46+,47+/m0/s1. The van der Waals surface area contributed by atoms with Gasteiger partial charge in [0.2, 0.25) is 0 Å². The van der Waals surface area contributed by atoms with Crippen molar-refractivity contribution in [3.05, 3.63) is 215 Å². The van der Waals surface area contributed by atoms with Crippen LogP contribution in [-0.2, 0) is 53.5 Å². The summed E-state index contributed by atoms with van der Waals surface area (Å²) in [4.78, 5) is 2.49. The van der Waals surface area contributed by atoms with Gasteiger partial charge in [0.1, 0.15) is 18.3 Å². The Morgan fingerprint density at radius 2 is 0.750 bits per heavy atom. The smallest absolute Gasteiger partial charge is 0.114 e. The minimum atomic E-state index is -0.971. The van der Waals surface area contributed by atoms with E-state index < -0.39 is 18.3 Å². The van der Waals surface area contributed by atoms with E-state index in [4.69, 9.17) is 14.2 Å². The molecule has 0 aliphatic carbocycles. The van der Waals surface area contributed by atoms with Crippen LogP contribution in [0.3, 0.4) is 0 Å². The molecule has 0 heterocycles. The first-order valence-electron chi connectivity index (χ1n) is 18.2. The van der Waals surface area contributed by atoms with Crippen LogP contribution in [0.4, 0.5) is 0 Å². The highest BCUT2D eigenvalue weighted by atomic mass is 16.6. The van der Waals surface area contributed by atoms with Crippen LogP contribution in [0.25, 0.3) is 0 Å². The average molecular weight is 692 g/mol. The van der Waals surface area contributed by atoms with Crippen molar-refractivity contribution in [2.45, 2.75) is 63.7 Å². The van der Waals surface area contributed by atoms with Gasteiger partial charge >= 0.3 is 0 Å². The van der Waals surface area contributed by atoms with Crippen molar-refractivity contribution in [1.82, 2.24) is 4.90 Å². The Morgan fingerprint density at radius 1 is 0.404 bits per heavy atom. The van der Waals surface area contributed by atoms with Gasteiger partial charge in [-0.25, -0.2) is 0 Å². The van der Waals surface area contributed by atoms with Crippen molar-refractivity contribution < 1.29 is 19.3 Å². The molecule has 0 saturated carbocycles. The topological polar surface area (TPSA) is 51.2 Å². The van der Waals surface area contributed by atoms with Crippen molar-refractivity contribution >= 4 is 0 Å². The van der Waals surface area contributed by atoms with Gasteiger partial charge in [0, 0.05) is 19.1 Å². The largest absolute Gasteiger partial charge is 0.388 e. The first kappa shape index (κ1) is 36.9. The van der Waals surface area contributed by atoms with Gasteiger partial charge in [-0.1, -0.05) is 182 Å². The second-order valence-electron chi connectivity index (χ2n) is 13.2. The van der Waals surface area contributed by atoms with E-state index in [1.165, 1.54) is 16.7 Å². The molecule has 0 amide bonds. The monoisotopic (exact) mass is 691 g/mol. The van der Waals surface area contributed by atoms with Gasteiger partial charge in [0.15, 0.2) is 0 Å². The van der Waals surface area contributed by atoms with Gasteiger partial charge < -0.3 is 19.3 Å². The number of benzene rings is 6. The molecule has 5 heteroatoms. The Labute approximate surface area is 309 Å². The van der Waals surface area contributed by atoms with Gasteiger partial charge in [-0.15, -0.1) is 0 Å². The van der Waals surface area contributed by atoms with Gasteiger partial charge in [-0.2, -0.15) is 0 Å². The number of hydrogen-bond donors (Lipinski definition) is 1. The van der Waals surface area contributed by atoms with Crippen LogP contribution in [0.1, 0.15) is 33.4 Å². The van der Waals surface area contributed by atoms with Crippen LogP contribution in [0.15, 0.2) is 182 Å². The number of ether oxygens (including phenoxy) is 3. The van der Waals surface area contributed by atoms with Gasteiger partial charge in [0.25, 0.3) is 0 Å². The zero-order valence-electron chi connectivity index (χ0n) is 29.7. The lowest BCUT2D eigenvalue weighted by Crippen LogP contribution is -2.55. The Morgan fingerprint density at radius 3 is 1.17 bits per heavy atom. The Kier molecular flexibility index (Phi) is 14.4. The van der Waals surface area contributed by atoms with Crippen molar-refractivity contribution in [1.29, 1.82) is 0 Å². The second-order valence-corrected chi connectivity index (χ2v) is 13.2. The Hall–Kier alpha value is -4.88. The fourth-order valence-corrected chi connectivity index (χ4v) is 6.58. The molecule has 0 bridgehead atoms. The SMILES string of the molecule is O[C@H](COCc1ccccc1)[C@@H](OCc1ccccc1)[C@H](OCc1ccccc1)[C@H](Cc1ccccc1)N(Cc1ccccc1)Cc1ccccc1. The van der Waals surface area contributed by atoms with Gasteiger partial charge in [-0.3, -0.25) is 4.90 Å². The highest BCUT2D eigenvalue weighted by molar-refractivity contribution is 5.21. The van der Waals surface area contributed by atoms with E-state index in [0.717, 1.165) is 16.7 Å². The molecular formula is C47H49NO4. The first-order valence-corrected chi connectivity index (χ1v) is 18.2. The highest BCUT2D eigenvalue weighted by Crippen LogP contribution is 2.27. The van der Waals surface area contributed by atoms with E-state index in [1.807, 2.05) is 84.9 Å². The van der Waals surface area contributed by atoms with Crippen LogP contribution < -0.4 is 0 Å². The molecular weight excluding hydrogens is 643 g/mol. The molecule has 6 aromatic rings. The van der Waals surface area contributed by atoms with Crippen LogP contribution in [-0.4, -0.2) is 41.0 Å². The molecule has 4 atom stereocenters. The molecule has 0 unspecified atom stereocenters. The predicted octanol–water partition coefficient (Wildman–Crippen LogP) is 9.05. The number of nitrogens with zero attached hydrogens (tertiary/aromatic N) is 1. The summed E-state index contributed by atoms with van der Waals surface area (Å²) in [7, 11) is 0. The summed E-state index contributed by atoms with van der Waals surface area (Å²) < 4.78 is 20.1. The number of hydrogen-bond acceptors (Lipinski definition) is 5. The maximum absolute atomic E-state index is 12.2. The lowest BCUT2D eigenvalue weighted by atomic mass is 9.92. The minimum Gasteiger partial charge on any atom is -0.388 e. The molecule has 0 aliphatic rings. The molecule has 52 heavy (non-hydrogen) atoms. The predicted molar refractivity (Wildman–Crippen MR) is 208 cm³/mol. The zero-order valence-corrected chi connectivity index (χ0v) is 29.7. The van der Waals surface area contributed by atoms with E-state index in [-0.39, 0.29) is 12.6 Å². The lowest BCUT2D eigenvalue weighted by molar-refractivity contribution is -0.168. The molecule has 0 saturated heterocycles. The van der Waals surface area contributed by atoms with Crippen LogP contribution >= 0.6 is 0 Å². The van der Waals surface area contributed by atoms with Gasteiger partial charge in [-0.05, 0) is 39.8 Å². The Bertz CT molecular complexity index is 1770. The Balaban J connectivity index is 1.40. The molecule has 5 nitrogen and oxygen atoms in total. The second kappa shape index (κ2) is 20.2. The van der Waals surface area contributed by atoms with Crippen LogP contribution in [0, 0.1) is 0 Å². The molecule has 0 spiro atoms. The van der Waals surface area contributed by atoms with Crippen LogP contribution in [0.2, 0.25) is 0 Å². The van der Waals surface area contributed by atoms with E-state index in [2.05, 4.69) is 102 Å². The fourth-order valence-electron chi connectivity index (χ4n) is 6.58. The summed E-state index contributed by atoms with van der Waals surface area (Å²) in [5, 5.41) is 12.2. The maximum atomic E-state index is 12.2. The number of aliphatic hydroxyl groups is 1. The molecule has 0 fully saturated rings. The molecule has 0 aliphatic heterocycles. The normalized spacial score (nSPS) is 13.7. The first-order chi connectivity index (χ1) is 25.7. The molecule has 266 valence electrons. The molecule has 1 N–H and O–H groups in total. The molecule has 6 rings (SSSR count). The summed E-state index contributed by atoms with van der Waals surface area (Å²) in [6, 6.07) is 61.9. The fraction of sp³-hybridized carbons (Fsp3) is 0.234. The van der Waals surface area contributed by atoms with E-state index in [1.54, 1.807) is 0 Å². The molecule has 0 aromatic heterocycles. The summed E-state index contributed by atoms with van der Waals surface area (Å²) >= 11 is 0. The number of rotatable bonds is 20. The van der Waals surface area contributed by atoms with E-state index >= 15 is 0 Å². The van der Waals surface area contributed by atoms with Crippen molar-refractivity contribution in [3.8, 4) is 0 Å². The zero-order chi connectivity index (χ0) is 35.6. The average Bonchev–Trinajstić information content (AvgIpc) is 3.20. The van der Waals surface area contributed by atoms with E-state index in [9.17, 15) is 5.11 Å². The quantitative estimate of drug-likeness (QED) is 0.0866. The van der Waals surface area contributed by atoms with Crippen molar-refractivity contribution in [2.75, 3.05) is 6.61 Å². The third-order valence-electron chi connectivity index (χ3n) is 9.27. The third-order valence-corrected chi connectivity index (χ3v) is 9.27. The van der Waals surface area contributed by atoms with Crippen molar-refractivity contribution in [2.24, 2.45) is 0 Å². The van der Waals surface area contributed by atoms with Gasteiger partial charge in [0.05, 0.1) is 26.4 Å². The number of aliphatic hydroxyl groups excluding tert-OH is 1. The highest BCUT2D eigenvalue weighted by Gasteiger charge is 2.39. The summed E-state index contributed by atoms with van der Waals surface area (Å²) in [5.41, 5.74) is 6.71. The van der Waals surface area contributed by atoms with E-state index in [0.29, 0.717) is 39.3 Å². The maximum Gasteiger partial charge on any atom is 0.114 e. The third kappa shape index (κ3) is 11.6. The van der Waals surface area contributed by atoms with Crippen LogP contribution in [0.5, 0.6) is 0 Å². The lowest BCUT2D eigenvalue weighted by Gasteiger charge is -2.42. The molecule has 6 aromatic carbocycles. The minimum absolute atomic E-state index is 0.0922.